The van der Waals surface area contributed by atoms with Crippen molar-refractivity contribution in [1.82, 2.24) is 4.98 Å². The summed E-state index contributed by atoms with van der Waals surface area (Å²) in [5.74, 6) is 2.26. The molecule has 4 nitrogen and oxygen atoms in total. The normalized spacial score (nSPS) is 10.6. The lowest BCUT2D eigenvalue weighted by Crippen LogP contribution is -2.06. The van der Waals surface area contributed by atoms with Crippen LogP contribution < -0.4 is 0 Å². The maximum Gasteiger partial charge on any atom is 0.315 e. The van der Waals surface area contributed by atoms with Gasteiger partial charge in [-0.2, -0.15) is 0 Å². The predicted molar refractivity (Wildman–Crippen MR) is 77.3 cm³/mol. The van der Waals surface area contributed by atoms with Crippen molar-refractivity contribution in [3.05, 3.63) is 29.0 Å². The minimum absolute atomic E-state index is 0.188. The molecule has 0 aliphatic rings. The third-order valence-corrected chi connectivity index (χ3v) is 4.16. The van der Waals surface area contributed by atoms with Gasteiger partial charge in [0.25, 0.3) is 0 Å². The van der Waals surface area contributed by atoms with Crippen LogP contribution in [0, 0.1) is 6.92 Å². The number of ether oxygens (including phenoxy) is 1. The summed E-state index contributed by atoms with van der Waals surface area (Å²) in [6.07, 6.45) is 0. The smallest absolute Gasteiger partial charge is 0.315 e. The molecular weight excluding hydrogens is 282 g/mol. The van der Waals surface area contributed by atoms with Crippen LogP contribution in [0.3, 0.4) is 0 Å². The second-order valence-corrected chi connectivity index (χ2v) is 5.73. The Morgan fingerprint density at radius 1 is 1.58 bits per heavy atom. The molecule has 0 bridgehead atoms. The zero-order chi connectivity index (χ0) is 13.7. The van der Waals surface area contributed by atoms with E-state index >= 15 is 0 Å². The largest absolute Gasteiger partial charge is 0.465 e. The number of aryl methyl sites for hydroxylation is 1. The van der Waals surface area contributed by atoms with Gasteiger partial charge in [-0.05, 0) is 25.3 Å². The number of thiophene rings is 1. The van der Waals surface area contributed by atoms with Gasteiger partial charge in [-0.1, -0.05) is 6.07 Å². The number of thioether (sulfide) groups is 1. The first-order valence-electron chi connectivity index (χ1n) is 5.94. The molecular formula is C13H15NO3S2. The fraction of sp³-hybridized carbons (Fsp3) is 0.385. The molecule has 0 spiro atoms. The van der Waals surface area contributed by atoms with E-state index in [1.165, 1.54) is 11.8 Å². The summed E-state index contributed by atoms with van der Waals surface area (Å²) in [6.45, 7) is 4.12. The number of hydrogen-bond donors (Lipinski definition) is 0. The summed E-state index contributed by atoms with van der Waals surface area (Å²) < 4.78 is 10.5. The van der Waals surface area contributed by atoms with Gasteiger partial charge in [0, 0.05) is 5.75 Å². The number of carbonyl (C=O) groups is 1. The lowest BCUT2D eigenvalue weighted by Gasteiger charge is -2.00. The van der Waals surface area contributed by atoms with E-state index < -0.39 is 0 Å². The van der Waals surface area contributed by atoms with Gasteiger partial charge in [0.2, 0.25) is 5.89 Å². The van der Waals surface area contributed by atoms with Gasteiger partial charge in [-0.15, -0.1) is 23.1 Å². The lowest BCUT2D eigenvalue weighted by atomic mass is 10.4. The number of rotatable bonds is 6. The number of oxazole rings is 1. The average molecular weight is 297 g/mol. The van der Waals surface area contributed by atoms with Crippen LogP contribution in [-0.2, 0) is 15.3 Å². The molecule has 0 saturated carbocycles. The van der Waals surface area contributed by atoms with Gasteiger partial charge in [0.05, 0.1) is 22.9 Å². The number of nitrogens with zero attached hydrogens (tertiary/aromatic N) is 1. The number of aromatic nitrogens is 1. The zero-order valence-corrected chi connectivity index (χ0v) is 12.5. The molecule has 0 saturated heterocycles. The summed E-state index contributed by atoms with van der Waals surface area (Å²) >= 11 is 3.08. The van der Waals surface area contributed by atoms with E-state index in [1.54, 1.807) is 18.3 Å². The Labute approximate surface area is 120 Å². The number of hydrogen-bond acceptors (Lipinski definition) is 6. The van der Waals surface area contributed by atoms with Crippen molar-refractivity contribution in [2.24, 2.45) is 0 Å². The molecule has 0 aliphatic heterocycles. The van der Waals surface area contributed by atoms with E-state index in [0.717, 1.165) is 16.3 Å². The van der Waals surface area contributed by atoms with Crippen LogP contribution in [0.2, 0.25) is 0 Å². The van der Waals surface area contributed by atoms with E-state index in [0.29, 0.717) is 24.0 Å². The van der Waals surface area contributed by atoms with E-state index in [9.17, 15) is 4.79 Å². The second kappa shape index (κ2) is 6.77. The van der Waals surface area contributed by atoms with Crippen molar-refractivity contribution in [2.45, 2.75) is 19.6 Å². The summed E-state index contributed by atoms with van der Waals surface area (Å²) in [5.41, 5.74) is 0.887. The standard InChI is InChI=1S/C13H15NO3S2/c1-3-16-12(15)8-18-7-10-9(2)17-13(14-10)11-5-4-6-19-11/h4-6H,3,7-8H2,1-2H3. The molecule has 0 unspecified atom stereocenters. The van der Waals surface area contributed by atoms with Crippen LogP contribution in [0.5, 0.6) is 0 Å². The molecule has 0 radical (unpaired) electrons. The molecule has 0 aromatic carbocycles. The molecule has 2 heterocycles. The molecule has 0 atom stereocenters. The first-order chi connectivity index (χ1) is 9.20. The molecule has 0 fully saturated rings. The Hall–Kier alpha value is -1.27. The minimum atomic E-state index is -0.188. The van der Waals surface area contributed by atoms with Crippen LogP contribution in [0.15, 0.2) is 21.9 Å². The molecule has 0 amide bonds. The van der Waals surface area contributed by atoms with Gasteiger partial charge in [-0.3, -0.25) is 4.79 Å². The minimum Gasteiger partial charge on any atom is -0.465 e. The topological polar surface area (TPSA) is 52.3 Å². The van der Waals surface area contributed by atoms with E-state index in [-0.39, 0.29) is 5.97 Å². The van der Waals surface area contributed by atoms with Crippen molar-refractivity contribution in [3.63, 3.8) is 0 Å². The Kier molecular flexibility index (Phi) is 5.04. The van der Waals surface area contributed by atoms with Crippen molar-refractivity contribution in [2.75, 3.05) is 12.4 Å². The monoisotopic (exact) mass is 297 g/mol. The van der Waals surface area contributed by atoms with Gasteiger partial charge in [0.1, 0.15) is 5.76 Å². The van der Waals surface area contributed by atoms with Crippen LogP contribution in [-0.4, -0.2) is 23.3 Å². The molecule has 2 aromatic rings. The van der Waals surface area contributed by atoms with Crippen molar-refractivity contribution in [1.29, 1.82) is 0 Å². The third-order valence-electron chi connectivity index (χ3n) is 2.39. The van der Waals surface area contributed by atoms with Gasteiger partial charge in [0.15, 0.2) is 0 Å². The zero-order valence-electron chi connectivity index (χ0n) is 10.8. The Bertz CT molecular complexity index is 534. The Morgan fingerprint density at radius 3 is 3.11 bits per heavy atom. The maximum atomic E-state index is 11.2. The third kappa shape index (κ3) is 3.84. The second-order valence-electron chi connectivity index (χ2n) is 3.80. The van der Waals surface area contributed by atoms with Crippen LogP contribution in [0.1, 0.15) is 18.4 Å². The molecule has 102 valence electrons. The number of esters is 1. The summed E-state index contributed by atoms with van der Waals surface area (Å²) in [7, 11) is 0. The van der Waals surface area contributed by atoms with E-state index in [1.807, 2.05) is 24.4 Å². The molecule has 0 aliphatic carbocycles. The number of carbonyl (C=O) groups excluding carboxylic acids is 1. The maximum absolute atomic E-state index is 11.2. The summed E-state index contributed by atoms with van der Waals surface area (Å²) in [5, 5.41) is 1.99. The Morgan fingerprint density at radius 2 is 2.42 bits per heavy atom. The summed E-state index contributed by atoms with van der Waals surface area (Å²) in [4.78, 5) is 16.7. The average Bonchev–Trinajstić information content (AvgIpc) is 3.00. The van der Waals surface area contributed by atoms with E-state index in [4.69, 9.17) is 9.15 Å². The highest BCUT2D eigenvalue weighted by atomic mass is 32.2. The lowest BCUT2D eigenvalue weighted by molar-refractivity contribution is -0.139. The fourth-order valence-corrected chi connectivity index (χ4v) is 2.96. The highest BCUT2D eigenvalue weighted by molar-refractivity contribution is 7.99. The van der Waals surface area contributed by atoms with Gasteiger partial charge >= 0.3 is 5.97 Å². The van der Waals surface area contributed by atoms with Crippen molar-refractivity contribution < 1.29 is 13.9 Å². The van der Waals surface area contributed by atoms with Crippen molar-refractivity contribution >= 4 is 29.1 Å². The molecule has 2 rings (SSSR count). The van der Waals surface area contributed by atoms with Crippen molar-refractivity contribution in [3.8, 4) is 10.8 Å². The van der Waals surface area contributed by atoms with Crippen LogP contribution >= 0.6 is 23.1 Å². The first-order valence-corrected chi connectivity index (χ1v) is 7.97. The predicted octanol–water partition coefficient (Wildman–Crippen LogP) is 3.51. The molecule has 2 aromatic heterocycles. The van der Waals surface area contributed by atoms with E-state index in [2.05, 4.69) is 4.98 Å². The van der Waals surface area contributed by atoms with Gasteiger partial charge < -0.3 is 9.15 Å². The quantitative estimate of drug-likeness (QED) is 0.764. The summed E-state index contributed by atoms with van der Waals surface area (Å²) in [6, 6.07) is 3.94. The SMILES string of the molecule is CCOC(=O)CSCc1nc(-c2cccs2)oc1C. The molecule has 0 N–H and O–H groups in total. The van der Waals surface area contributed by atoms with Crippen LogP contribution in [0.25, 0.3) is 10.8 Å². The Balaban J connectivity index is 1.92. The highest BCUT2D eigenvalue weighted by Gasteiger charge is 2.12. The first kappa shape index (κ1) is 14.1. The molecule has 19 heavy (non-hydrogen) atoms. The van der Waals surface area contributed by atoms with Gasteiger partial charge in [-0.25, -0.2) is 4.98 Å². The fourth-order valence-electron chi connectivity index (χ4n) is 1.50. The molecule has 6 heteroatoms. The van der Waals surface area contributed by atoms with Crippen LogP contribution in [0.4, 0.5) is 0 Å². The highest BCUT2D eigenvalue weighted by Crippen LogP contribution is 2.27.